The Morgan fingerprint density at radius 3 is 2.45 bits per heavy atom. The van der Waals surface area contributed by atoms with Gasteiger partial charge in [0.05, 0.1) is 19.0 Å². The predicted molar refractivity (Wildman–Crippen MR) is 110 cm³/mol. The molecule has 1 fully saturated rings. The van der Waals surface area contributed by atoms with Crippen LogP contribution in [0.5, 0.6) is 0 Å². The highest BCUT2D eigenvalue weighted by Gasteiger charge is 2.51. The monoisotopic (exact) mass is 548 g/mol. The number of hydrogen-bond donors (Lipinski definition) is 3. The number of aliphatic hydroxyl groups excluding tert-OH is 3. The topological polar surface area (TPSA) is 137 Å². The summed E-state index contributed by atoms with van der Waals surface area (Å²) in [6.07, 6.45) is -0.380. The highest BCUT2D eigenvalue weighted by atomic mass is 79.9. The molecular formula is C19H16BrF3N4O5S. The van der Waals surface area contributed by atoms with Gasteiger partial charge in [-0.25, -0.2) is 17.9 Å². The number of nitrogens with zero attached hydrogens (tertiary/aromatic N) is 4. The third kappa shape index (κ3) is 4.64. The molecule has 9 nitrogen and oxygen atoms in total. The molecule has 2 aromatic heterocycles. The maximum atomic E-state index is 13.6. The molecule has 3 N–H and O–H groups in total. The Bertz CT molecular complexity index is 1140. The second-order valence-corrected chi connectivity index (χ2v) is 9.62. The molecule has 6 atom stereocenters. The van der Waals surface area contributed by atoms with Crippen molar-refractivity contribution in [3.8, 4) is 11.3 Å². The average molecular weight is 549 g/mol. The fraction of sp³-hybridized carbons (Fsp3) is 0.316. The Labute approximate surface area is 196 Å². The number of aliphatic hydroxyl groups is 3. The van der Waals surface area contributed by atoms with Crippen LogP contribution in [0.2, 0.25) is 0 Å². The van der Waals surface area contributed by atoms with Gasteiger partial charge in [-0.3, -0.25) is 4.98 Å². The summed E-state index contributed by atoms with van der Waals surface area (Å²) in [6.45, 7) is -0.662. The van der Waals surface area contributed by atoms with Crippen molar-refractivity contribution < 1.29 is 37.8 Å². The molecule has 3 heterocycles. The zero-order valence-corrected chi connectivity index (χ0v) is 18.8. The van der Waals surface area contributed by atoms with Crippen LogP contribution in [0.15, 0.2) is 46.2 Å². The molecule has 4 rings (SSSR count). The van der Waals surface area contributed by atoms with Crippen LogP contribution in [0, 0.1) is 17.5 Å². The molecule has 33 heavy (non-hydrogen) atoms. The minimum atomic E-state index is -1.97. The molecule has 3 aromatic rings. The van der Waals surface area contributed by atoms with E-state index in [0.29, 0.717) is 4.47 Å². The number of ether oxygens (including phenoxy) is 1. The average Bonchev–Trinajstić information content (AvgIpc) is 3.27. The van der Waals surface area contributed by atoms with E-state index in [-0.39, 0.29) is 16.2 Å². The zero-order chi connectivity index (χ0) is 23.9. The maximum absolute atomic E-state index is 13.6. The van der Waals surface area contributed by atoms with Gasteiger partial charge in [-0.05, 0) is 28.1 Å². The van der Waals surface area contributed by atoms with Gasteiger partial charge in [0.2, 0.25) is 5.44 Å². The first kappa shape index (κ1) is 24.1. The van der Waals surface area contributed by atoms with Gasteiger partial charge in [0.25, 0.3) is 0 Å². The molecule has 0 spiro atoms. The van der Waals surface area contributed by atoms with Crippen molar-refractivity contribution in [3.63, 3.8) is 0 Å². The van der Waals surface area contributed by atoms with Gasteiger partial charge in [0, 0.05) is 33.5 Å². The van der Waals surface area contributed by atoms with E-state index in [2.05, 4.69) is 31.2 Å². The molecule has 0 saturated carbocycles. The largest absolute Gasteiger partial charge is 0.609 e. The lowest BCUT2D eigenvalue weighted by atomic mass is 9.97. The molecule has 1 aliphatic heterocycles. The van der Waals surface area contributed by atoms with E-state index in [1.165, 1.54) is 24.7 Å². The number of aromatic nitrogens is 4. The molecule has 0 aliphatic carbocycles. The lowest BCUT2D eigenvalue weighted by molar-refractivity contribution is -0.180. The molecule has 0 radical (unpaired) electrons. The van der Waals surface area contributed by atoms with Gasteiger partial charge < -0.3 is 24.6 Å². The minimum absolute atomic E-state index is 0.0758. The van der Waals surface area contributed by atoms with Crippen LogP contribution < -0.4 is 0 Å². The van der Waals surface area contributed by atoms with Crippen molar-refractivity contribution in [1.29, 1.82) is 0 Å². The van der Waals surface area contributed by atoms with Crippen molar-refractivity contribution >= 4 is 27.1 Å². The van der Waals surface area contributed by atoms with E-state index in [0.717, 1.165) is 16.8 Å². The van der Waals surface area contributed by atoms with E-state index in [1.807, 2.05) is 0 Å². The third-order valence-corrected chi connectivity index (χ3v) is 7.00. The normalized spacial score (nSPS) is 26.4. The first-order valence-corrected chi connectivity index (χ1v) is 11.4. The van der Waals surface area contributed by atoms with Crippen molar-refractivity contribution in [3.05, 3.63) is 58.7 Å². The van der Waals surface area contributed by atoms with Crippen LogP contribution >= 0.6 is 15.9 Å². The molecule has 14 heteroatoms. The van der Waals surface area contributed by atoms with E-state index in [4.69, 9.17) is 4.74 Å². The molecule has 1 aromatic carbocycles. The second-order valence-electron chi connectivity index (χ2n) is 7.17. The van der Waals surface area contributed by atoms with Gasteiger partial charge in [-0.1, -0.05) is 5.21 Å². The van der Waals surface area contributed by atoms with E-state index in [1.54, 1.807) is 0 Å². The summed E-state index contributed by atoms with van der Waals surface area (Å²) in [7, 11) is 0. The highest BCUT2D eigenvalue weighted by molar-refractivity contribution is 9.10. The van der Waals surface area contributed by atoms with Gasteiger partial charge in [-0.2, -0.15) is 0 Å². The molecule has 1 aliphatic rings. The Morgan fingerprint density at radius 2 is 1.82 bits per heavy atom. The Balaban J connectivity index is 1.67. The van der Waals surface area contributed by atoms with Gasteiger partial charge in [-0.15, -0.1) is 5.10 Å². The Morgan fingerprint density at radius 1 is 1.12 bits per heavy atom. The minimum Gasteiger partial charge on any atom is -0.609 e. The summed E-state index contributed by atoms with van der Waals surface area (Å²) in [5.74, 6) is -4.49. The lowest BCUT2D eigenvalue weighted by Gasteiger charge is -2.41. The quantitative estimate of drug-likeness (QED) is 0.320. The van der Waals surface area contributed by atoms with E-state index in [9.17, 15) is 33.0 Å². The molecule has 0 bridgehead atoms. The van der Waals surface area contributed by atoms with Crippen molar-refractivity contribution in [2.45, 2.75) is 34.7 Å². The van der Waals surface area contributed by atoms with Crippen LogP contribution in [-0.4, -0.2) is 70.2 Å². The molecule has 176 valence electrons. The summed E-state index contributed by atoms with van der Waals surface area (Å²) < 4.78 is 60.6. The Kier molecular flexibility index (Phi) is 7.04. The van der Waals surface area contributed by atoms with Crippen molar-refractivity contribution in [1.82, 2.24) is 20.0 Å². The van der Waals surface area contributed by atoms with Crippen molar-refractivity contribution in [2.24, 2.45) is 0 Å². The number of hydrogen-bond acceptors (Lipinski definition) is 8. The van der Waals surface area contributed by atoms with E-state index < -0.39 is 65.0 Å². The zero-order valence-electron chi connectivity index (χ0n) is 16.4. The van der Waals surface area contributed by atoms with Crippen LogP contribution in [-0.2, 0) is 15.9 Å². The molecule has 1 saturated heterocycles. The summed E-state index contributed by atoms with van der Waals surface area (Å²) >= 11 is 1.24. The summed E-state index contributed by atoms with van der Waals surface area (Å²) in [6, 6.07) is 1.66. The van der Waals surface area contributed by atoms with Crippen molar-refractivity contribution in [2.75, 3.05) is 6.61 Å². The van der Waals surface area contributed by atoms with Crippen LogP contribution in [0.25, 0.3) is 11.3 Å². The fourth-order valence-corrected chi connectivity index (χ4v) is 5.30. The maximum Gasteiger partial charge on any atom is 0.250 e. The van der Waals surface area contributed by atoms with E-state index >= 15 is 0 Å². The number of halogens is 4. The summed E-state index contributed by atoms with van der Waals surface area (Å²) in [4.78, 5) is 4.14. The first-order chi connectivity index (χ1) is 15.7. The van der Waals surface area contributed by atoms with Gasteiger partial charge >= 0.3 is 0 Å². The number of pyridine rings is 1. The number of benzene rings is 1. The molecular weight excluding hydrogens is 533 g/mol. The molecule has 1 unspecified atom stereocenters. The van der Waals surface area contributed by atoms with Gasteiger partial charge in [0.15, 0.2) is 28.5 Å². The van der Waals surface area contributed by atoms with Gasteiger partial charge in [0.1, 0.15) is 23.9 Å². The fourth-order valence-electron chi connectivity index (χ4n) is 3.45. The van der Waals surface area contributed by atoms with Crippen LogP contribution in [0.3, 0.4) is 0 Å². The predicted octanol–water partition coefficient (Wildman–Crippen LogP) is 1.31. The van der Waals surface area contributed by atoms with Crippen LogP contribution in [0.4, 0.5) is 13.2 Å². The summed E-state index contributed by atoms with van der Waals surface area (Å²) in [5, 5.41) is 38.8. The SMILES string of the molecule is [O-][S+](c1cncc(Br)c1)[C@H]1O[C@H](CO)[C@H](O)[C@H](n2cc(-c3cc(F)c(F)c(F)c3)nn2)[C@H]1O. The lowest BCUT2D eigenvalue weighted by Crippen LogP contribution is -2.58. The molecule has 0 amide bonds. The third-order valence-electron chi connectivity index (χ3n) is 5.07. The first-order valence-electron chi connectivity index (χ1n) is 9.41. The second kappa shape index (κ2) is 9.66. The van der Waals surface area contributed by atoms with Crippen LogP contribution in [0.1, 0.15) is 6.04 Å². The highest BCUT2D eigenvalue weighted by Crippen LogP contribution is 2.35. The smallest absolute Gasteiger partial charge is 0.250 e. The standard InChI is InChI=1S/C19H16BrF3N4O5S/c20-9-3-10(5-24-4-9)33(31)19-18(30)16(17(29)14(7-28)32-19)27-6-13(25-26-27)8-1-11(21)15(23)12(22)2-8/h1-6,14,16-19,28-30H,7H2/t14-,16+,17+,18-,19-,33?/m1/s1. The Hall–Kier alpha value is -2.07. The summed E-state index contributed by atoms with van der Waals surface area (Å²) in [5.41, 5.74) is -1.60. The number of rotatable bonds is 5.